The van der Waals surface area contributed by atoms with Crippen LogP contribution in [-0.2, 0) is 97.6 Å². The first kappa shape index (κ1) is 90.1. The number of fused-ring (bicyclic) bond motifs is 2. The highest BCUT2D eigenvalue weighted by Gasteiger charge is 2.44. The molecule has 12 atom stereocenters. The third kappa shape index (κ3) is 26.3. The lowest BCUT2D eigenvalue weighted by molar-refractivity contribution is -0.145. The van der Waals surface area contributed by atoms with Crippen LogP contribution in [0.5, 0.6) is 0 Å². The quantitative estimate of drug-likeness (QED) is 0.0108. The molecule has 632 valence electrons. The number of aromatic amines is 2. The van der Waals surface area contributed by atoms with Crippen molar-refractivity contribution in [3.05, 3.63) is 144 Å². The maximum absolute atomic E-state index is 15.7. The molecule has 8 rings (SSSR count). The summed E-state index contributed by atoms with van der Waals surface area (Å²) in [4.78, 5) is 219. The minimum absolute atomic E-state index is 0.00129. The molecule has 0 bridgehead atoms. The second kappa shape index (κ2) is 43.3. The maximum Gasteiger partial charge on any atom is 0.326 e. The molecule has 6 aromatic rings. The van der Waals surface area contributed by atoms with Gasteiger partial charge in [0.15, 0.2) is 11.9 Å². The molecule has 0 radical (unpaired) electrons. The fraction of sp³-hybridized carbons (Fsp3) is 0.430. The lowest BCUT2D eigenvalue weighted by Crippen LogP contribution is -2.62. The van der Waals surface area contributed by atoms with Gasteiger partial charge in [0.1, 0.15) is 66.5 Å². The first-order valence-corrected chi connectivity index (χ1v) is 38.6. The van der Waals surface area contributed by atoms with Gasteiger partial charge in [-0.25, -0.2) is 4.79 Å². The SMILES string of the molecule is CC(C)[C@H](NC(=O)[C@H](CCCNC(=N)N)NC(=O)[C@H](Cc1ccccc1)NC(=O)[C@H](CC(=O)O)NC(=O)[C@@H](N)CC(=O)O)C(=O)N[C@@H](Cc1c[nH]c2ccccc12)C(=O)N[C@@H](Cc1c[nH]c2ccccc12)C(=O)N1CCC[C@H]1C(=O)N[C@@H](CC(N)=O)C(=O)N[C@@H](Cc1ccccc1)C(=O)N1CCC[C@H]1C(=O)N[C@@H](CCCNC(=N)N)C(=O)O. The summed E-state index contributed by atoms with van der Waals surface area (Å²) in [6.45, 7) is 3.26. The first-order chi connectivity index (χ1) is 56.2. The normalized spacial score (nSPS) is 16.3. The molecule has 39 nitrogen and oxygen atoms in total. The zero-order valence-electron chi connectivity index (χ0n) is 65.2. The van der Waals surface area contributed by atoms with E-state index >= 15 is 14.4 Å². The topological polar surface area (TPSA) is 639 Å². The van der Waals surface area contributed by atoms with Gasteiger partial charge < -0.3 is 117 Å². The van der Waals surface area contributed by atoms with E-state index in [1.165, 1.54) is 9.80 Å². The number of hydrogen-bond acceptors (Lipinski definition) is 18. The summed E-state index contributed by atoms with van der Waals surface area (Å²) < 4.78 is 0. The van der Waals surface area contributed by atoms with Crippen LogP contribution in [0.3, 0.4) is 0 Å². The van der Waals surface area contributed by atoms with Gasteiger partial charge in [-0.1, -0.05) is 111 Å². The first-order valence-electron chi connectivity index (χ1n) is 38.6. The number of H-pyrrole nitrogens is 2. The number of carboxylic acids is 3. The molecule has 2 aliphatic rings. The van der Waals surface area contributed by atoms with Gasteiger partial charge in [-0.3, -0.25) is 77.9 Å². The number of guanidine groups is 2. The average Bonchev–Trinajstić information content (AvgIpc) is 1.62. The molecule has 4 heterocycles. The van der Waals surface area contributed by atoms with E-state index in [0.29, 0.717) is 50.5 Å². The van der Waals surface area contributed by atoms with Gasteiger partial charge in [0.05, 0.1) is 25.3 Å². The van der Waals surface area contributed by atoms with Crippen LogP contribution in [0, 0.1) is 16.7 Å². The average molecular weight is 1630 g/mol. The van der Waals surface area contributed by atoms with Crippen molar-refractivity contribution >= 4 is 123 Å². The molecule has 2 aromatic heterocycles. The number of nitrogens with two attached hydrogens (primary N) is 4. The van der Waals surface area contributed by atoms with Crippen LogP contribution in [-0.4, -0.2) is 234 Å². The van der Waals surface area contributed by atoms with Gasteiger partial charge >= 0.3 is 17.9 Å². The molecular weight excluding hydrogens is 1530 g/mol. The van der Waals surface area contributed by atoms with Crippen LogP contribution in [0.2, 0.25) is 0 Å². The van der Waals surface area contributed by atoms with Crippen molar-refractivity contribution in [2.75, 3.05) is 26.2 Å². The Balaban J connectivity index is 1.05. The van der Waals surface area contributed by atoms with E-state index < -0.39 is 192 Å². The minimum Gasteiger partial charge on any atom is -0.481 e. The molecule has 2 saturated heterocycles. The van der Waals surface area contributed by atoms with Crippen molar-refractivity contribution < 1.29 is 87.2 Å². The highest BCUT2D eigenvalue weighted by Crippen LogP contribution is 2.27. The molecule has 2 fully saturated rings. The maximum atomic E-state index is 15.7. The largest absolute Gasteiger partial charge is 0.481 e. The lowest BCUT2D eigenvalue weighted by atomic mass is 9.98. The van der Waals surface area contributed by atoms with Crippen LogP contribution in [0.25, 0.3) is 21.8 Å². The Kier molecular flexibility index (Phi) is 33.0. The number of amides is 12. The Bertz CT molecular complexity index is 4640. The summed E-state index contributed by atoms with van der Waals surface area (Å²) in [6, 6.07) is 12.2. The number of carboxylic acid groups (broad SMARTS) is 3. The summed E-state index contributed by atoms with van der Waals surface area (Å²) in [7, 11) is 0. The van der Waals surface area contributed by atoms with Crippen molar-refractivity contribution in [1.29, 1.82) is 10.8 Å². The molecule has 0 unspecified atom stereocenters. The number of nitrogens with zero attached hydrogens (tertiary/aromatic N) is 2. The van der Waals surface area contributed by atoms with Gasteiger partial charge in [-0.2, -0.15) is 0 Å². The fourth-order valence-electron chi connectivity index (χ4n) is 14.2. The number of primary amides is 1. The number of para-hydroxylation sites is 2. The number of aliphatic carboxylic acids is 3. The molecule has 4 aromatic carbocycles. The summed E-state index contributed by atoms with van der Waals surface area (Å²) in [5.41, 5.74) is 25.8. The Hall–Kier alpha value is -13.5. The highest BCUT2D eigenvalue weighted by atomic mass is 16.4. The second-order valence-electron chi connectivity index (χ2n) is 29.4. The molecule has 39 heteroatoms. The van der Waals surface area contributed by atoms with Crippen molar-refractivity contribution in [2.45, 2.75) is 183 Å². The van der Waals surface area contributed by atoms with Crippen molar-refractivity contribution in [3.8, 4) is 0 Å². The number of carbonyl (C=O) groups excluding carboxylic acids is 12. The lowest BCUT2D eigenvalue weighted by Gasteiger charge is -2.32. The van der Waals surface area contributed by atoms with Crippen molar-refractivity contribution in [2.24, 2.45) is 28.9 Å². The number of benzene rings is 4. The van der Waals surface area contributed by atoms with E-state index in [1.54, 1.807) is 135 Å². The summed E-state index contributed by atoms with van der Waals surface area (Å²) in [6.07, 6.45) is 0.238. The van der Waals surface area contributed by atoms with E-state index in [2.05, 4.69) is 68.5 Å². The fourth-order valence-corrected chi connectivity index (χ4v) is 14.2. The van der Waals surface area contributed by atoms with Crippen LogP contribution >= 0.6 is 0 Å². The number of rotatable bonds is 44. The number of hydrogen-bond donors (Lipinski definition) is 22. The van der Waals surface area contributed by atoms with E-state index in [4.69, 9.17) is 33.8 Å². The van der Waals surface area contributed by atoms with E-state index in [9.17, 15) is 72.9 Å². The van der Waals surface area contributed by atoms with Crippen LogP contribution < -0.4 is 81.4 Å². The van der Waals surface area contributed by atoms with Gasteiger partial charge in [0.25, 0.3) is 0 Å². The molecule has 0 spiro atoms. The molecule has 2 aliphatic heterocycles. The van der Waals surface area contributed by atoms with Gasteiger partial charge in [-0.05, 0) is 91.7 Å². The van der Waals surface area contributed by atoms with Gasteiger partial charge in [0, 0.05) is 86.1 Å². The predicted molar refractivity (Wildman–Crippen MR) is 428 cm³/mol. The van der Waals surface area contributed by atoms with E-state index in [1.807, 2.05) is 0 Å². The molecule has 0 aliphatic carbocycles. The Morgan fingerprint density at radius 3 is 1.29 bits per heavy atom. The minimum atomic E-state index is -1.90. The summed E-state index contributed by atoms with van der Waals surface area (Å²) in [5.74, 6) is -17.5. The monoisotopic (exact) mass is 1630 g/mol. The van der Waals surface area contributed by atoms with E-state index in [0.717, 1.165) is 0 Å². The predicted octanol–water partition coefficient (Wildman–Crippen LogP) is -2.32. The Labute approximate surface area is 677 Å². The molecule has 118 heavy (non-hydrogen) atoms. The van der Waals surface area contributed by atoms with Gasteiger partial charge in [-0.15, -0.1) is 0 Å². The van der Waals surface area contributed by atoms with Crippen molar-refractivity contribution in [1.82, 2.24) is 78.3 Å². The second-order valence-corrected chi connectivity index (χ2v) is 29.4. The van der Waals surface area contributed by atoms with Crippen molar-refractivity contribution in [3.63, 3.8) is 0 Å². The smallest absolute Gasteiger partial charge is 0.326 e. The number of nitrogens with one attached hydrogen (secondary N) is 15. The zero-order valence-corrected chi connectivity index (χ0v) is 65.2. The molecule has 0 saturated carbocycles. The third-order valence-corrected chi connectivity index (χ3v) is 20.2. The Morgan fingerprint density at radius 1 is 0.441 bits per heavy atom. The van der Waals surface area contributed by atoms with Crippen LogP contribution in [0.1, 0.15) is 107 Å². The van der Waals surface area contributed by atoms with Gasteiger partial charge in [0.2, 0.25) is 70.9 Å². The molecular formula is C79H103N21O18. The summed E-state index contributed by atoms with van der Waals surface area (Å²) >= 11 is 0. The number of likely N-dealkylation sites (tertiary alicyclic amines) is 2. The molecule has 26 N–H and O–H groups in total. The van der Waals surface area contributed by atoms with Crippen LogP contribution in [0.15, 0.2) is 122 Å². The van der Waals surface area contributed by atoms with Crippen LogP contribution in [0.4, 0.5) is 0 Å². The number of aromatic nitrogens is 2. The standard InChI is InChI=1S/C79H103N21O18/c1-42(2)65(98-67(107)52(25-13-29-86-78(82)83)90-68(108)54(33-43-17-5-3-6-18-43)93-71(111)57(39-64(104)105)92-66(106)49(80)37-63(102)103)74(114)95-55(35-45-40-88-50-23-11-9-21-47(45)50)69(109)97-59(36-46-41-89-51-24-12-10-22-48(46)51)76(116)100-32-16-28-61(100)73(113)94-56(38-62(81)101)70(110)96-58(34-44-19-7-4-8-20-44)75(115)99-31-15-27-60(99)72(112)91-53(77(117)118)26-14-30-87-79(84)85/h3-12,17-24,40-42,49,52-61,65,88-89H,13-16,25-39,80H2,1-2H3,(H2,81,101)(H,90,108)(H,91,112)(H,92,106)(H,93,111)(H,94,113)(H,95,114)(H,96,110)(H,97,109)(H,98,107)(H,102,103)(H,104,105)(H,117,118)(H4,82,83,86)(H4,84,85,87)/t49-,52-,53-,54-,55-,56-,57-,58-,59-,60-,61-,65-/m0/s1. The summed E-state index contributed by atoms with van der Waals surface area (Å²) in [5, 5.41) is 74.1. The zero-order chi connectivity index (χ0) is 85.9. The third-order valence-electron chi connectivity index (χ3n) is 20.2. The highest BCUT2D eigenvalue weighted by molar-refractivity contribution is 6.02. The number of carbonyl (C=O) groups is 15. The van der Waals surface area contributed by atoms with E-state index in [-0.39, 0.29) is 103 Å². The Morgan fingerprint density at radius 2 is 0.822 bits per heavy atom. The molecule has 12 amide bonds.